The maximum Gasteiger partial charge on any atom is 0.261 e. The number of amides is 2. The van der Waals surface area contributed by atoms with Gasteiger partial charge in [0.2, 0.25) is 0 Å². The number of aromatic nitrogens is 2. The van der Waals surface area contributed by atoms with E-state index in [1.807, 2.05) is 45.8 Å². The number of rotatable bonds is 54. The van der Waals surface area contributed by atoms with Crippen molar-refractivity contribution in [3.8, 4) is 100 Å². The zero-order valence-corrected chi connectivity index (χ0v) is 71.8. The van der Waals surface area contributed by atoms with Gasteiger partial charge in [-0.3, -0.25) is 9.59 Å². The van der Waals surface area contributed by atoms with E-state index in [0.29, 0.717) is 30.2 Å². The molecular formula is C94H124N6O2S6. The molecule has 0 fully saturated rings. The fourth-order valence-corrected chi connectivity index (χ4v) is 21.7. The summed E-state index contributed by atoms with van der Waals surface area (Å²) in [5, 5.41) is 0. The summed E-state index contributed by atoms with van der Waals surface area (Å²) < 4.78 is 20.8. The van der Waals surface area contributed by atoms with E-state index in [1.54, 1.807) is 11.3 Å². The van der Waals surface area contributed by atoms with Crippen molar-refractivity contribution in [2.24, 2.45) is 20.6 Å². The summed E-state index contributed by atoms with van der Waals surface area (Å²) in [6.07, 6.45) is 60.5. The van der Waals surface area contributed by atoms with Crippen LogP contribution in [0.3, 0.4) is 0 Å². The van der Waals surface area contributed by atoms with E-state index in [0.717, 1.165) is 124 Å². The third-order valence-corrected chi connectivity index (χ3v) is 27.9. The van der Waals surface area contributed by atoms with Gasteiger partial charge in [0.15, 0.2) is 0 Å². The van der Waals surface area contributed by atoms with Crippen LogP contribution in [-0.4, -0.2) is 43.5 Å². The number of hydrogen-bond donors (Lipinski definition) is 0. The molecule has 5 aromatic heterocycles. The number of hydrogen-bond acceptors (Lipinski definition) is 11. The molecule has 0 saturated heterocycles. The molecule has 0 N–H and O–H groups in total. The fourth-order valence-electron chi connectivity index (χ4n) is 15.9. The molecule has 2 atom stereocenters. The normalized spacial score (nSPS) is 13.5. The van der Waals surface area contributed by atoms with Crippen molar-refractivity contribution < 1.29 is 9.59 Å². The van der Waals surface area contributed by atoms with Crippen LogP contribution in [0.1, 0.15) is 339 Å². The van der Waals surface area contributed by atoms with Crippen LogP contribution in [0.25, 0.3) is 57.1 Å². The van der Waals surface area contributed by atoms with E-state index in [-0.39, 0.29) is 17.7 Å². The van der Waals surface area contributed by atoms with Gasteiger partial charge in [-0.2, -0.15) is 17.5 Å². The lowest BCUT2D eigenvalue weighted by atomic mass is 9.93. The van der Waals surface area contributed by atoms with Crippen molar-refractivity contribution in [2.45, 2.75) is 337 Å². The van der Waals surface area contributed by atoms with Crippen LogP contribution in [-0.2, 0) is 33.8 Å². The Morgan fingerprint density at radius 3 is 1.26 bits per heavy atom. The lowest BCUT2D eigenvalue weighted by Crippen LogP contribution is -2.34. The van der Waals surface area contributed by atoms with Crippen LogP contribution < -0.4 is 0 Å². The molecule has 14 heteroatoms. The Balaban J connectivity index is 1.09. The first-order valence-corrected chi connectivity index (χ1v) is 47.3. The Hall–Kier alpha value is -6.12. The average Bonchev–Trinajstić information content (AvgIpc) is 1.56. The largest absolute Gasteiger partial charge is 0.310 e. The minimum absolute atomic E-state index is 0.0425. The highest BCUT2D eigenvalue weighted by atomic mass is 32.1. The van der Waals surface area contributed by atoms with Crippen LogP contribution in [0.15, 0.2) is 62.0 Å². The topological polar surface area (TPSA) is 91.1 Å². The van der Waals surface area contributed by atoms with Gasteiger partial charge in [0.25, 0.3) is 11.8 Å². The van der Waals surface area contributed by atoms with E-state index >= 15 is 9.59 Å². The molecule has 108 heavy (non-hydrogen) atoms. The molecule has 0 bridgehead atoms. The van der Waals surface area contributed by atoms with Gasteiger partial charge in [0.05, 0.1) is 44.8 Å². The second kappa shape index (κ2) is 48.6. The van der Waals surface area contributed by atoms with Gasteiger partial charge in [0.1, 0.15) is 22.4 Å². The number of fused-ring (bicyclic) bond motifs is 3. The number of terminal acetylenes is 1. The summed E-state index contributed by atoms with van der Waals surface area (Å²) in [5.74, 6) is 25.1. The van der Waals surface area contributed by atoms with Crippen LogP contribution in [0.5, 0.6) is 0 Å². The summed E-state index contributed by atoms with van der Waals surface area (Å²) in [7, 11) is 0. The average molecular weight is 1560 g/mol. The van der Waals surface area contributed by atoms with E-state index in [4.69, 9.17) is 23.9 Å². The molecule has 3 aliphatic rings. The minimum Gasteiger partial charge on any atom is -0.310 e. The van der Waals surface area contributed by atoms with Crippen LogP contribution in [0.4, 0.5) is 11.4 Å². The van der Waals surface area contributed by atoms with Crippen molar-refractivity contribution in [1.82, 2.24) is 18.5 Å². The monoisotopic (exact) mass is 1560 g/mol. The first-order chi connectivity index (χ1) is 53.1. The predicted octanol–water partition coefficient (Wildman–Crippen LogP) is 29.1. The molecule has 0 aliphatic carbocycles. The van der Waals surface area contributed by atoms with Crippen molar-refractivity contribution >= 4 is 108 Å². The second-order valence-electron chi connectivity index (χ2n) is 30.7. The highest BCUT2D eigenvalue weighted by Gasteiger charge is 2.48. The first-order valence-electron chi connectivity index (χ1n) is 42.5. The fraction of sp³-hybridized carbons (Fsp3) is 0.596. The standard InChI is InChI=1S/C94H124N6O2S6/c1-9-15-21-27-33-37-39-43-49-55-61-75-67-80(105-91(75)78-64-63-71(7)103-78)83-86-88(97-107-95-86)84(89-87(83)96-108-98-89)81-68-76(62-56-50-44-40-38-34-28-22-16-10-2)92(106-81)79-66-65-77(104-79)90-85-82(93(101)100(90)70-74(59-52-46-32-26-20-14-6)60-54-48-42-36-30-24-18-12-4)72(8)99(94(85)102)69-73(57-51-45-31-25-19-13-5)58-53-47-41-35-29-23-17-11-3/h3,63-68,73-74H,9-10,12-16,18-22,24-28,30-34,36-40,42-46,48-52,54-57,59-62,69-70H2,1-2,4-8H3. The number of thiophene rings is 4. The number of aryl methyl sites for hydroxylation is 3. The number of carbonyl (C=O) groups is 2. The molecule has 8 nitrogen and oxygen atoms in total. The van der Waals surface area contributed by atoms with Crippen LogP contribution >= 0.6 is 57.1 Å². The van der Waals surface area contributed by atoms with Gasteiger partial charge in [-0.15, -0.1) is 51.8 Å². The molecule has 2 amide bonds. The zero-order valence-electron chi connectivity index (χ0n) is 66.9. The Morgan fingerprint density at radius 2 is 0.806 bits per heavy atom. The molecule has 8 heterocycles. The van der Waals surface area contributed by atoms with Crippen molar-refractivity contribution in [1.29, 1.82) is 0 Å². The van der Waals surface area contributed by atoms with E-state index in [2.05, 4.69) is 136 Å². The van der Waals surface area contributed by atoms with Crippen molar-refractivity contribution in [3.63, 3.8) is 0 Å². The Labute approximate surface area is 676 Å². The summed E-state index contributed by atoms with van der Waals surface area (Å²) in [6.45, 7) is 16.6. The summed E-state index contributed by atoms with van der Waals surface area (Å²) >= 11 is 9.92. The van der Waals surface area contributed by atoms with Gasteiger partial charge in [-0.25, -0.2) is 0 Å². The molecule has 2 unspecified atom stereocenters. The number of carbonyl (C=O) groups excluding carboxylic acids is 2. The molecule has 0 radical (unpaired) electrons. The van der Waals surface area contributed by atoms with Crippen LogP contribution in [0.2, 0.25) is 0 Å². The zero-order chi connectivity index (χ0) is 75.9. The third-order valence-electron chi connectivity index (χ3n) is 22.0. The molecule has 1 aromatic carbocycles. The van der Waals surface area contributed by atoms with Gasteiger partial charge in [-0.05, 0) is 160 Å². The summed E-state index contributed by atoms with van der Waals surface area (Å²) in [5.41, 5.74) is 11.0. The van der Waals surface area contributed by atoms with Crippen molar-refractivity contribution in [3.05, 3.63) is 74.1 Å². The van der Waals surface area contributed by atoms with E-state index in [1.165, 1.54) is 283 Å². The Kier molecular flexibility index (Phi) is 38.7. The number of unbranched alkanes of at least 4 members (excludes halogenated alkanes) is 35. The number of nitrogens with zero attached hydrogens (tertiary/aromatic N) is 6. The van der Waals surface area contributed by atoms with Crippen LogP contribution in [0, 0.1) is 78.5 Å². The molecular weight excluding hydrogens is 1440 g/mol. The Morgan fingerprint density at radius 1 is 0.407 bits per heavy atom. The Bertz CT molecular complexity index is 4290. The van der Waals surface area contributed by atoms with E-state index < -0.39 is 0 Å². The molecule has 3 aliphatic heterocycles. The summed E-state index contributed by atoms with van der Waals surface area (Å²) in [4.78, 5) is 45.3. The number of benzene rings is 1. The highest BCUT2D eigenvalue weighted by molar-refractivity contribution is 7.58. The third kappa shape index (κ3) is 25.5. The van der Waals surface area contributed by atoms with Crippen molar-refractivity contribution in [2.75, 3.05) is 13.1 Å². The maximum absolute atomic E-state index is 15.9. The SMILES string of the molecule is C#CC#CC#CC#CC#CC(CCCCCCCC)CN1C(=O)C2=C(c3ccc(-c4sc(-c5c6c(c(-c7cc(CCCCCCCCCCCC)c(-c8ccc(C)s8)s7)c7nsnc57)N=S=N6)cc4CCCCCCCCCCCC)s3)N(CC(CCCCCCCC)CCCCCCCCCC)C(=O)C2=C1C. The van der Waals surface area contributed by atoms with Gasteiger partial charge < -0.3 is 9.80 Å². The minimum atomic E-state index is -0.156. The molecule has 0 spiro atoms. The first kappa shape index (κ1) is 85.9. The van der Waals surface area contributed by atoms with Gasteiger partial charge in [0, 0.05) is 70.0 Å². The molecule has 9 rings (SSSR count). The quantitative estimate of drug-likeness (QED) is 0.0281. The lowest BCUT2D eigenvalue weighted by Gasteiger charge is -2.28. The number of allylic oxidation sites excluding steroid dienone is 1. The predicted molar refractivity (Wildman–Crippen MR) is 471 cm³/mol. The van der Waals surface area contributed by atoms with E-state index in [9.17, 15) is 0 Å². The highest BCUT2D eigenvalue weighted by Crippen LogP contribution is 2.57. The smallest absolute Gasteiger partial charge is 0.261 e. The second-order valence-corrected chi connectivity index (χ2v) is 36.2. The lowest BCUT2D eigenvalue weighted by molar-refractivity contribution is -0.124. The van der Waals surface area contributed by atoms with Gasteiger partial charge in [-0.1, -0.05) is 285 Å². The summed E-state index contributed by atoms with van der Waals surface area (Å²) in [6, 6.07) is 14.0. The molecule has 0 saturated carbocycles. The molecule has 578 valence electrons. The van der Waals surface area contributed by atoms with Gasteiger partial charge >= 0.3 is 0 Å². The maximum atomic E-state index is 15.9. The molecule has 6 aromatic rings.